The Balaban J connectivity index is 0.000000360. The van der Waals surface area contributed by atoms with Crippen LogP contribution < -0.4 is 90.8 Å². The summed E-state index contributed by atoms with van der Waals surface area (Å²) in [4.78, 5) is 0. The number of rotatable bonds is 22. The molecule has 8 nitrogen and oxygen atoms in total. The highest BCUT2D eigenvalue weighted by Gasteiger charge is 2.18. The van der Waals surface area contributed by atoms with Crippen LogP contribution in [0.2, 0.25) is 0 Å². The molecule has 4 aromatic heterocycles. The number of nitrogens with two attached hydrogens (primary N) is 4. The second kappa shape index (κ2) is 30.8. The Kier molecular flexibility index (Phi) is 26.2. The second-order valence-electron chi connectivity index (χ2n) is 19.3. The van der Waals surface area contributed by atoms with Crippen molar-refractivity contribution < 1.29 is 67.9 Å². The lowest BCUT2D eigenvalue weighted by molar-refractivity contribution is -0.678. The second-order valence-corrected chi connectivity index (χ2v) is 19.3. The normalized spacial score (nSPS) is 10.8. The third kappa shape index (κ3) is 15.9. The summed E-state index contributed by atoms with van der Waals surface area (Å²) in [5, 5.41) is 4.64. The van der Waals surface area contributed by atoms with Gasteiger partial charge < -0.3 is 72.6 Å². The van der Waals surface area contributed by atoms with Crippen molar-refractivity contribution >= 4 is 66.4 Å². The van der Waals surface area contributed by atoms with Gasteiger partial charge in [-0.1, -0.05) is 99.9 Å². The summed E-state index contributed by atoms with van der Waals surface area (Å²) < 4.78 is 9.69. The number of fused-ring (bicyclic) bond motifs is 4. The SMILES string of the molecule is Cc1cc(N)c2ccccc2[n+]1CCCCCCCCCC[n+]1c(C)cc(N)c2ccccc21.Cc1cc(N)c2ccccc2[n+]1CCCCCCCCCC[n+]1c(C)cc(N)c2ccccc21.[Cl-].[Cl-].[Cl-].[Cl-]. The fourth-order valence-electron chi connectivity index (χ4n) is 10.5. The van der Waals surface area contributed by atoms with Crippen LogP contribution in [0.3, 0.4) is 0 Å². The van der Waals surface area contributed by atoms with E-state index in [4.69, 9.17) is 22.9 Å². The van der Waals surface area contributed by atoms with Crippen LogP contribution in [-0.2, 0) is 26.2 Å². The van der Waals surface area contributed by atoms with Crippen LogP contribution in [-0.4, -0.2) is 0 Å². The van der Waals surface area contributed by atoms with Crippen LogP contribution >= 0.6 is 0 Å². The highest BCUT2D eigenvalue weighted by Crippen LogP contribution is 2.23. The van der Waals surface area contributed by atoms with E-state index in [0.717, 1.165) is 70.5 Å². The van der Waals surface area contributed by atoms with Crippen LogP contribution in [0.15, 0.2) is 121 Å². The molecule has 0 fully saturated rings. The molecule has 0 unspecified atom stereocenters. The molecule has 0 spiro atoms. The van der Waals surface area contributed by atoms with Gasteiger partial charge in [0.05, 0.1) is 44.3 Å². The minimum atomic E-state index is 0. The van der Waals surface area contributed by atoms with Gasteiger partial charge in [-0.15, -0.1) is 0 Å². The number of nitrogens with zero attached hydrogens (tertiary/aromatic N) is 4. The quantitative estimate of drug-likeness (QED) is 0.0580. The molecule has 0 bridgehead atoms. The first-order valence-corrected chi connectivity index (χ1v) is 25.8. The highest BCUT2D eigenvalue weighted by atomic mass is 35.5. The lowest BCUT2D eigenvalue weighted by atomic mass is 10.1. The molecule has 4 heterocycles. The van der Waals surface area contributed by atoms with E-state index in [1.807, 2.05) is 0 Å². The first kappa shape index (κ1) is 61.2. The first-order chi connectivity index (χ1) is 33.1. The molecule has 0 aliphatic heterocycles. The van der Waals surface area contributed by atoms with Crippen LogP contribution in [0.1, 0.15) is 126 Å². The average Bonchev–Trinajstić information content (AvgIpc) is 3.34. The minimum Gasteiger partial charge on any atom is -1.00 e. The summed E-state index contributed by atoms with van der Waals surface area (Å²) >= 11 is 0. The molecule has 0 amide bonds. The predicted octanol–water partition coefficient (Wildman–Crippen LogP) is 0.356. The van der Waals surface area contributed by atoms with Crippen LogP contribution in [0.25, 0.3) is 43.6 Å². The van der Waals surface area contributed by atoms with E-state index >= 15 is 0 Å². The van der Waals surface area contributed by atoms with Gasteiger partial charge in [-0.25, -0.2) is 0 Å². The van der Waals surface area contributed by atoms with Gasteiger partial charge in [0.15, 0.2) is 22.8 Å². The molecule has 0 atom stereocenters. The van der Waals surface area contributed by atoms with E-state index in [9.17, 15) is 0 Å². The summed E-state index contributed by atoms with van der Waals surface area (Å²) in [6.45, 7) is 12.9. The van der Waals surface area contributed by atoms with Crippen molar-refractivity contribution in [2.75, 3.05) is 22.9 Å². The average molecular weight is 1060 g/mol. The molecule has 72 heavy (non-hydrogen) atoms. The molecule has 12 heteroatoms. The monoisotopic (exact) mass is 1050 g/mol. The molecule has 0 aliphatic rings. The highest BCUT2D eigenvalue weighted by molar-refractivity contribution is 5.90. The molecule has 388 valence electrons. The van der Waals surface area contributed by atoms with Gasteiger partial charge in [0.25, 0.3) is 0 Å². The molecule has 8 aromatic rings. The molecular weight excluding hydrogens is 975 g/mol. The van der Waals surface area contributed by atoms with Gasteiger partial charge in [0.1, 0.15) is 26.2 Å². The van der Waals surface area contributed by atoms with Gasteiger partial charge >= 0.3 is 0 Å². The maximum absolute atomic E-state index is 6.22. The van der Waals surface area contributed by atoms with E-state index in [-0.39, 0.29) is 49.6 Å². The van der Waals surface area contributed by atoms with Gasteiger partial charge in [0.2, 0.25) is 22.1 Å². The molecule has 0 saturated heterocycles. The van der Waals surface area contributed by atoms with Crippen molar-refractivity contribution in [1.29, 1.82) is 0 Å². The van der Waals surface area contributed by atoms with Crippen molar-refractivity contribution in [3.63, 3.8) is 0 Å². The fraction of sp³-hybridized carbons (Fsp3) is 0.400. The Labute approximate surface area is 455 Å². The molecule has 0 radical (unpaired) electrons. The van der Waals surface area contributed by atoms with Gasteiger partial charge in [-0.05, 0) is 49.9 Å². The fourth-order valence-corrected chi connectivity index (χ4v) is 10.5. The number of hydrogen-bond donors (Lipinski definition) is 4. The molecule has 0 aliphatic carbocycles. The smallest absolute Gasteiger partial charge is 0.214 e. The van der Waals surface area contributed by atoms with Crippen molar-refractivity contribution in [3.8, 4) is 0 Å². The standard InChI is InChI=1S/2C30H38N4.4ClH/c2*1-23-21-27(31)25-15-9-11-17-29(25)33(23)19-13-7-5-3-4-6-8-14-20-34-24(2)22-28(32)26-16-10-12-18-30(26)34;;;;/h2*9-12,15-18,21-22,31-32H,3-8,13-14,19-20H2,1-2H3;4*1H. The number of unbranched alkanes of at least 4 members (excludes halogenated alkanes) is 14. The molecule has 0 saturated carbocycles. The number of aryl methyl sites for hydroxylation is 8. The summed E-state index contributed by atoms with van der Waals surface area (Å²) in [7, 11) is 0. The van der Waals surface area contributed by atoms with E-state index in [1.54, 1.807) is 0 Å². The number of hydrogen-bond acceptors (Lipinski definition) is 4. The van der Waals surface area contributed by atoms with Crippen LogP contribution in [0, 0.1) is 27.7 Å². The van der Waals surface area contributed by atoms with Crippen LogP contribution in [0.4, 0.5) is 22.7 Å². The lowest BCUT2D eigenvalue weighted by Gasteiger charge is -2.08. The zero-order chi connectivity index (χ0) is 47.8. The summed E-state index contributed by atoms with van der Waals surface area (Å²) in [6, 6.07) is 42.3. The largest absolute Gasteiger partial charge is 1.00 e. The van der Waals surface area contributed by atoms with E-state index < -0.39 is 0 Å². The Morgan fingerprint density at radius 1 is 0.264 bits per heavy atom. The molecule has 8 N–H and O–H groups in total. The lowest BCUT2D eigenvalue weighted by Crippen LogP contribution is -3.00. The Morgan fingerprint density at radius 3 is 0.625 bits per heavy atom. The summed E-state index contributed by atoms with van der Waals surface area (Å²) in [6.07, 6.45) is 20.7. The molecular formula is C60H80Cl4N8. The van der Waals surface area contributed by atoms with Gasteiger partial charge in [-0.2, -0.15) is 18.3 Å². The first-order valence-electron chi connectivity index (χ1n) is 25.8. The van der Waals surface area contributed by atoms with Crippen LogP contribution in [0.5, 0.6) is 0 Å². The van der Waals surface area contributed by atoms with E-state index in [1.165, 1.54) is 148 Å². The van der Waals surface area contributed by atoms with Crippen molar-refractivity contribution in [1.82, 2.24) is 0 Å². The Bertz CT molecular complexity index is 2550. The van der Waals surface area contributed by atoms with Crippen molar-refractivity contribution in [2.24, 2.45) is 0 Å². The zero-order valence-corrected chi connectivity index (χ0v) is 46.3. The Morgan fingerprint density at radius 2 is 0.431 bits per heavy atom. The number of halogens is 4. The van der Waals surface area contributed by atoms with Crippen molar-refractivity contribution in [3.05, 3.63) is 144 Å². The maximum atomic E-state index is 6.22. The topological polar surface area (TPSA) is 120 Å². The minimum absolute atomic E-state index is 0. The third-order valence-electron chi connectivity index (χ3n) is 14.2. The predicted molar refractivity (Wildman–Crippen MR) is 287 cm³/mol. The summed E-state index contributed by atoms with van der Waals surface area (Å²) in [5.74, 6) is 0. The molecule has 4 aromatic carbocycles. The maximum Gasteiger partial charge on any atom is 0.214 e. The molecule has 8 rings (SSSR count). The van der Waals surface area contributed by atoms with E-state index in [0.29, 0.717) is 0 Å². The number of pyridine rings is 4. The number of anilines is 4. The number of para-hydroxylation sites is 4. The number of nitrogen functional groups attached to an aromatic ring is 4. The third-order valence-corrected chi connectivity index (χ3v) is 14.2. The van der Waals surface area contributed by atoms with Crippen molar-refractivity contribution in [2.45, 2.75) is 157 Å². The summed E-state index contributed by atoms with van der Waals surface area (Å²) in [5.41, 5.74) is 38.4. The number of benzene rings is 4. The van der Waals surface area contributed by atoms with E-state index in [2.05, 4.69) is 167 Å². The Hall–Kier alpha value is -5.12. The van der Waals surface area contributed by atoms with Gasteiger partial charge in [0, 0.05) is 102 Å². The van der Waals surface area contributed by atoms with Gasteiger partial charge in [-0.3, -0.25) is 0 Å². The zero-order valence-electron chi connectivity index (χ0n) is 43.3. The number of aromatic nitrogens is 4.